The second kappa shape index (κ2) is 31.1. The quantitative estimate of drug-likeness (QED) is 0.0485. The highest BCUT2D eigenvalue weighted by Crippen LogP contribution is 2.12. The number of rotatable bonds is 24. The van der Waals surface area contributed by atoms with Crippen molar-refractivity contribution in [3.8, 4) is 0 Å². The summed E-state index contributed by atoms with van der Waals surface area (Å²) >= 11 is 0. The summed E-state index contributed by atoms with van der Waals surface area (Å²) in [6, 6.07) is 11.8. The van der Waals surface area contributed by atoms with E-state index in [1.807, 2.05) is 57.9 Å². The molecule has 0 saturated carbocycles. The summed E-state index contributed by atoms with van der Waals surface area (Å²) < 4.78 is 38.2. The highest BCUT2D eigenvalue weighted by atomic mass is 32.3. The maximum absolute atomic E-state index is 12.0. The van der Waals surface area contributed by atoms with Gasteiger partial charge in [0.15, 0.2) is 0 Å². The predicted octanol–water partition coefficient (Wildman–Crippen LogP) is 8.37. The van der Waals surface area contributed by atoms with Crippen LogP contribution in [0.2, 0.25) is 0 Å². The minimum atomic E-state index is -5.17. The molecule has 2 amide bonds. The SMILES string of the molecule is CCCCCCCCCCCC(=O)Nc1cccc[n+]1CC.CCCCCCCCCCCC(=O)Nc1cccc[n+]1CC.O=S(=O)([O-])[O-]. The van der Waals surface area contributed by atoms with E-state index in [9.17, 15) is 9.59 Å². The Bertz CT molecular complexity index is 1140. The summed E-state index contributed by atoms with van der Waals surface area (Å²) in [7, 11) is -5.17. The van der Waals surface area contributed by atoms with Crippen LogP contribution in [0.4, 0.5) is 11.6 Å². The van der Waals surface area contributed by atoms with Crippen LogP contribution in [0.3, 0.4) is 0 Å². The van der Waals surface area contributed by atoms with Crippen LogP contribution in [-0.2, 0) is 33.1 Å². The number of anilines is 2. The number of aryl methyl sites for hydroxylation is 2. The van der Waals surface area contributed by atoms with Crippen molar-refractivity contribution in [2.24, 2.45) is 0 Å². The van der Waals surface area contributed by atoms with Crippen molar-refractivity contribution in [1.29, 1.82) is 0 Å². The van der Waals surface area contributed by atoms with Crippen LogP contribution >= 0.6 is 0 Å². The zero-order chi connectivity index (χ0) is 36.6. The maximum atomic E-state index is 12.0. The Labute approximate surface area is 298 Å². The van der Waals surface area contributed by atoms with Gasteiger partial charge in [0.2, 0.25) is 0 Å². The lowest BCUT2D eigenvalue weighted by Gasteiger charge is -2.06. The monoisotopic (exact) mass is 706 g/mol. The van der Waals surface area contributed by atoms with Crippen LogP contribution in [0.25, 0.3) is 0 Å². The van der Waals surface area contributed by atoms with Gasteiger partial charge >= 0.3 is 11.8 Å². The fraction of sp³-hybridized carbons (Fsp3) is 0.684. The molecule has 0 atom stereocenters. The van der Waals surface area contributed by atoms with Crippen molar-refractivity contribution in [2.45, 2.75) is 169 Å². The van der Waals surface area contributed by atoms with Crippen LogP contribution in [0.5, 0.6) is 0 Å². The van der Waals surface area contributed by atoms with E-state index < -0.39 is 10.4 Å². The average Bonchev–Trinajstić information content (AvgIpc) is 3.07. The lowest BCUT2D eigenvalue weighted by Crippen LogP contribution is -2.36. The molecule has 280 valence electrons. The first-order chi connectivity index (χ1) is 23.5. The van der Waals surface area contributed by atoms with E-state index in [2.05, 4.69) is 38.3 Å². The van der Waals surface area contributed by atoms with Crippen molar-refractivity contribution in [2.75, 3.05) is 10.6 Å². The zero-order valence-corrected chi connectivity index (χ0v) is 31.7. The number of amides is 2. The van der Waals surface area contributed by atoms with Crippen LogP contribution < -0.4 is 19.8 Å². The molecule has 0 aliphatic carbocycles. The van der Waals surface area contributed by atoms with Gasteiger partial charge in [0.05, 0.1) is 25.5 Å². The zero-order valence-electron chi connectivity index (χ0n) is 30.9. The number of nitrogens with one attached hydrogen (secondary N) is 2. The molecule has 2 aromatic heterocycles. The van der Waals surface area contributed by atoms with E-state index in [1.54, 1.807) is 0 Å². The van der Waals surface area contributed by atoms with Gasteiger partial charge in [-0.05, 0) is 38.8 Å². The second-order valence-electron chi connectivity index (χ2n) is 12.4. The molecule has 2 N–H and O–H groups in total. The summed E-state index contributed by atoms with van der Waals surface area (Å²) in [4.78, 5) is 23.9. The third-order valence-corrected chi connectivity index (χ3v) is 8.11. The number of hydrogen-bond acceptors (Lipinski definition) is 6. The van der Waals surface area contributed by atoms with Crippen LogP contribution in [0, 0.1) is 0 Å². The number of carbonyl (C=O) groups excluding carboxylic acids is 2. The smallest absolute Gasteiger partial charge is 0.307 e. The standard InChI is InChI=1S/2C19H32N2O.H2O4S/c2*1-3-5-6-7-8-9-10-11-12-16-19(22)20-18-15-13-14-17-21(18)4-2;1-5(2,3)4/h2*13-15,17H,3-12,16H2,1-2H3;(H2,1,2,3,4). The number of carbonyl (C=O) groups is 2. The van der Waals surface area contributed by atoms with Crippen molar-refractivity contribution >= 4 is 33.8 Å². The Kier molecular flexibility index (Phi) is 29.3. The fourth-order valence-corrected chi connectivity index (χ4v) is 5.33. The molecule has 2 rings (SSSR count). The number of pyridine rings is 2. The van der Waals surface area contributed by atoms with Gasteiger partial charge in [-0.1, -0.05) is 129 Å². The highest BCUT2D eigenvalue weighted by molar-refractivity contribution is 7.79. The Morgan fingerprint density at radius 3 is 1.10 bits per heavy atom. The Balaban J connectivity index is 0.000000826. The van der Waals surface area contributed by atoms with Crippen molar-refractivity contribution in [1.82, 2.24) is 0 Å². The number of hydrogen-bond donors (Lipinski definition) is 2. The molecule has 0 spiro atoms. The molecule has 0 bridgehead atoms. The molecule has 0 saturated heterocycles. The Hall–Kier alpha value is -2.89. The summed E-state index contributed by atoms with van der Waals surface area (Å²) in [5.74, 6) is 2.06. The first-order valence-electron chi connectivity index (χ1n) is 18.8. The van der Waals surface area contributed by atoms with E-state index in [-0.39, 0.29) is 11.8 Å². The molecule has 0 fully saturated rings. The number of aromatic nitrogens is 2. The largest absolute Gasteiger partial charge is 0.759 e. The maximum Gasteiger partial charge on any atom is 0.307 e. The van der Waals surface area contributed by atoms with Gasteiger partial charge in [0.25, 0.3) is 11.6 Å². The van der Waals surface area contributed by atoms with Gasteiger partial charge in [-0.2, -0.15) is 0 Å². The summed E-state index contributed by atoms with van der Waals surface area (Å²) in [6.07, 6.45) is 28.4. The van der Waals surface area contributed by atoms with Crippen LogP contribution in [0.15, 0.2) is 48.8 Å². The molecule has 2 aromatic rings. The van der Waals surface area contributed by atoms with E-state index in [0.717, 1.165) is 37.6 Å². The van der Waals surface area contributed by atoms with Crippen LogP contribution in [0.1, 0.15) is 156 Å². The Morgan fingerprint density at radius 2 is 0.816 bits per heavy atom. The number of nitrogens with zero attached hydrogens (tertiary/aromatic N) is 2. The molecule has 0 aliphatic rings. The molecular formula is C38H66N4O6S. The minimum Gasteiger partial charge on any atom is -0.759 e. The van der Waals surface area contributed by atoms with Gasteiger partial charge < -0.3 is 9.11 Å². The van der Waals surface area contributed by atoms with Crippen molar-refractivity contribution in [3.63, 3.8) is 0 Å². The third-order valence-electron chi connectivity index (χ3n) is 8.11. The topological polar surface area (TPSA) is 146 Å². The summed E-state index contributed by atoms with van der Waals surface area (Å²) in [5.41, 5.74) is 0. The average molecular weight is 707 g/mol. The molecular weight excluding hydrogens is 641 g/mol. The predicted molar refractivity (Wildman–Crippen MR) is 196 cm³/mol. The van der Waals surface area contributed by atoms with Gasteiger partial charge in [0.1, 0.15) is 0 Å². The molecule has 2 heterocycles. The first kappa shape index (κ1) is 46.1. The molecule has 0 aliphatic heterocycles. The highest BCUT2D eigenvalue weighted by Gasteiger charge is 2.13. The van der Waals surface area contributed by atoms with Crippen molar-refractivity contribution < 1.29 is 36.2 Å². The van der Waals surface area contributed by atoms with E-state index in [0.29, 0.717) is 12.8 Å². The van der Waals surface area contributed by atoms with Gasteiger partial charge in [0, 0.05) is 35.4 Å². The molecule has 49 heavy (non-hydrogen) atoms. The molecule has 0 unspecified atom stereocenters. The number of unbranched alkanes of at least 4 members (excludes halogenated alkanes) is 16. The second-order valence-corrected chi connectivity index (χ2v) is 13.2. The van der Waals surface area contributed by atoms with E-state index in [1.165, 1.54) is 103 Å². The van der Waals surface area contributed by atoms with Crippen molar-refractivity contribution in [3.05, 3.63) is 48.8 Å². The fourth-order valence-electron chi connectivity index (χ4n) is 5.33. The van der Waals surface area contributed by atoms with Gasteiger partial charge in [-0.25, -0.2) is 29.4 Å². The lowest BCUT2D eigenvalue weighted by molar-refractivity contribution is -0.679. The van der Waals surface area contributed by atoms with Crippen LogP contribution in [-0.4, -0.2) is 29.3 Å². The minimum absolute atomic E-state index is 0.136. The third kappa shape index (κ3) is 29.7. The van der Waals surface area contributed by atoms with E-state index >= 15 is 0 Å². The van der Waals surface area contributed by atoms with Gasteiger partial charge in [-0.15, -0.1) is 0 Å². The Morgan fingerprint density at radius 1 is 0.531 bits per heavy atom. The summed E-state index contributed by atoms with van der Waals surface area (Å²) in [6.45, 7) is 10.4. The molecule has 10 nitrogen and oxygen atoms in total. The lowest BCUT2D eigenvalue weighted by atomic mass is 10.1. The molecule has 0 aromatic carbocycles. The molecule has 11 heteroatoms. The first-order valence-corrected chi connectivity index (χ1v) is 20.1. The van der Waals surface area contributed by atoms with Gasteiger partial charge in [-0.3, -0.25) is 8.42 Å². The van der Waals surface area contributed by atoms with E-state index in [4.69, 9.17) is 17.5 Å². The molecule has 0 radical (unpaired) electrons. The normalized spacial score (nSPS) is 10.7. The summed E-state index contributed by atoms with van der Waals surface area (Å²) in [5, 5.41) is 6.02.